The SMILES string of the molecule is CN=CC(=CN)C1C(C(=O)O)c2cc(F)ccc2C(=O)N1CC(C)C. The van der Waals surface area contributed by atoms with E-state index in [9.17, 15) is 19.1 Å². The fraction of sp³-hybridized carbons (Fsp3) is 0.389. The predicted molar refractivity (Wildman–Crippen MR) is 93.1 cm³/mol. The smallest absolute Gasteiger partial charge is 0.313 e. The maximum absolute atomic E-state index is 13.7. The van der Waals surface area contributed by atoms with E-state index in [4.69, 9.17) is 5.73 Å². The first-order chi connectivity index (χ1) is 11.8. The first-order valence-corrected chi connectivity index (χ1v) is 7.99. The Morgan fingerprint density at radius 1 is 1.48 bits per heavy atom. The molecule has 6 nitrogen and oxygen atoms in total. The highest BCUT2D eigenvalue weighted by atomic mass is 19.1. The fourth-order valence-corrected chi connectivity index (χ4v) is 3.21. The van der Waals surface area contributed by atoms with Crippen molar-refractivity contribution in [3.05, 3.63) is 46.9 Å². The number of carbonyl (C=O) groups is 2. The number of nitrogens with two attached hydrogens (primary N) is 1. The lowest BCUT2D eigenvalue weighted by Crippen LogP contribution is -2.52. The Kier molecular flexibility index (Phi) is 5.56. The van der Waals surface area contributed by atoms with Crippen LogP contribution in [0.5, 0.6) is 0 Å². The molecule has 1 heterocycles. The molecule has 1 aromatic rings. The molecule has 0 aliphatic carbocycles. The van der Waals surface area contributed by atoms with Gasteiger partial charge in [0.1, 0.15) is 11.7 Å². The summed E-state index contributed by atoms with van der Waals surface area (Å²) in [4.78, 5) is 30.4. The van der Waals surface area contributed by atoms with Crippen molar-refractivity contribution in [2.75, 3.05) is 13.6 Å². The number of fused-ring (bicyclic) bond motifs is 1. The second-order valence-corrected chi connectivity index (χ2v) is 6.40. The Labute approximate surface area is 145 Å². The fourth-order valence-electron chi connectivity index (χ4n) is 3.21. The van der Waals surface area contributed by atoms with Gasteiger partial charge in [-0.2, -0.15) is 0 Å². The summed E-state index contributed by atoms with van der Waals surface area (Å²) < 4.78 is 13.7. The number of halogens is 1. The average molecular weight is 347 g/mol. The van der Waals surface area contributed by atoms with E-state index in [0.717, 1.165) is 12.1 Å². The molecule has 3 N–H and O–H groups in total. The molecule has 0 radical (unpaired) electrons. The molecule has 2 unspecified atom stereocenters. The van der Waals surface area contributed by atoms with Crippen LogP contribution in [0.15, 0.2) is 35.0 Å². The zero-order valence-corrected chi connectivity index (χ0v) is 14.4. The first kappa shape index (κ1) is 18.6. The zero-order valence-electron chi connectivity index (χ0n) is 14.4. The molecule has 0 bridgehead atoms. The minimum Gasteiger partial charge on any atom is -0.481 e. The summed E-state index contributed by atoms with van der Waals surface area (Å²) in [5.41, 5.74) is 6.45. The Morgan fingerprint density at radius 3 is 2.68 bits per heavy atom. The molecule has 0 saturated heterocycles. The maximum atomic E-state index is 13.7. The summed E-state index contributed by atoms with van der Waals surface area (Å²) in [5.74, 6) is -3.09. The standard InChI is InChI=1S/C18H22FN3O3/c1-10(2)9-22-16(11(7-20)8-21-3)15(18(24)25)14-6-12(19)4-5-13(14)17(22)23/h4-8,10,15-16H,9,20H2,1-3H3,(H,24,25). The van der Waals surface area contributed by atoms with Crippen LogP contribution in [-0.2, 0) is 4.79 Å². The molecule has 1 aromatic carbocycles. The molecule has 1 aliphatic heterocycles. The lowest BCUT2D eigenvalue weighted by atomic mass is 9.79. The van der Waals surface area contributed by atoms with Crippen LogP contribution in [0.25, 0.3) is 0 Å². The number of rotatable bonds is 5. The van der Waals surface area contributed by atoms with E-state index < -0.39 is 23.7 Å². The van der Waals surface area contributed by atoms with Gasteiger partial charge in [-0.05, 0) is 29.7 Å². The van der Waals surface area contributed by atoms with Crippen LogP contribution >= 0.6 is 0 Å². The van der Waals surface area contributed by atoms with Crippen LogP contribution in [0, 0.1) is 11.7 Å². The van der Waals surface area contributed by atoms with E-state index in [1.807, 2.05) is 13.8 Å². The summed E-state index contributed by atoms with van der Waals surface area (Å²) in [6.07, 6.45) is 2.68. The van der Waals surface area contributed by atoms with E-state index in [1.54, 1.807) is 0 Å². The molecule has 134 valence electrons. The van der Waals surface area contributed by atoms with Crippen LogP contribution in [0.3, 0.4) is 0 Å². The van der Waals surface area contributed by atoms with Crippen molar-refractivity contribution >= 4 is 18.1 Å². The number of hydrogen-bond acceptors (Lipinski definition) is 4. The van der Waals surface area contributed by atoms with Gasteiger partial charge in [0.15, 0.2) is 0 Å². The van der Waals surface area contributed by atoms with Crippen molar-refractivity contribution in [2.24, 2.45) is 16.6 Å². The molecular formula is C18H22FN3O3. The molecule has 25 heavy (non-hydrogen) atoms. The number of carbonyl (C=O) groups excluding carboxylic acids is 1. The monoisotopic (exact) mass is 347 g/mol. The van der Waals surface area contributed by atoms with Crippen molar-refractivity contribution in [1.29, 1.82) is 0 Å². The van der Waals surface area contributed by atoms with E-state index in [2.05, 4.69) is 4.99 Å². The Hall–Kier alpha value is -2.70. The third kappa shape index (κ3) is 3.55. The van der Waals surface area contributed by atoms with Crippen molar-refractivity contribution in [1.82, 2.24) is 4.90 Å². The van der Waals surface area contributed by atoms with Crippen LogP contribution in [-0.4, -0.2) is 47.7 Å². The number of amides is 1. The number of carboxylic acids is 1. The highest BCUT2D eigenvalue weighted by Gasteiger charge is 2.45. The van der Waals surface area contributed by atoms with Gasteiger partial charge in [-0.1, -0.05) is 13.8 Å². The lowest BCUT2D eigenvalue weighted by Gasteiger charge is -2.41. The summed E-state index contributed by atoms with van der Waals surface area (Å²) in [5, 5.41) is 9.82. The van der Waals surface area contributed by atoms with Crippen LogP contribution in [0.4, 0.5) is 4.39 Å². The normalized spacial score (nSPS) is 21.1. The highest BCUT2D eigenvalue weighted by molar-refractivity contribution is 6.02. The first-order valence-electron chi connectivity index (χ1n) is 7.99. The molecular weight excluding hydrogens is 325 g/mol. The number of hydrogen-bond donors (Lipinski definition) is 2. The van der Waals surface area contributed by atoms with E-state index in [-0.39, 0.29) is 23.0 Å². The number of aliphatic carboxylic acids is 1. The third-order valence-corrected chi connectivity index (χ3v) is 4.13. The van der Waals surface area contributed by atoms with Gasteiger partial charge < -0.3 is 15.7 Å². The highest BCUT2D eigenvalue weighted by Crippen LogP contribution is 2.37. The second-order valence-electron chi connectivity index (χ2n) is 6.40. The van der Waals surface area contributed by atoms with Gasteiger partial charge in [0, 0.05) is 37.1 Å². The molecule has 2 atom stereocenters. The molecule has 0 fully saturated rings. The van der Waals surface area contributed by atoms with Crippen LogP contribution in [0.2, 0.25) is 0 Å². The molecule has 1 aliphatic rings. The third-order valence-electron chi connectivity index (χ3n) is 4.13. The average Bonchev–Trinajstić information content (AvgIpc) is 2.54. The topological polar surface area (TPSA) is 96.0 Å². The van der Waals surface area contributed by atoms with Gasteiger partial charge in [0.2, 0.25) is 0 Å². The van der Waals surface area contributed by atoms with Crippen LogP contribution in [0.1, 0.15) is 35.7 Å². The quantitative estimate of drug-likeness (QED) is 0.797. The predicted octanol–water partition coefficient (Wildman–Crippen LogP) is 2.02. The molecule has 0 saturated carbocycles. The van der Waals surface area contributed by atoms with Gasteiger partial charge in [-0.15, -0.1) is 0 Å². The van der Waals surface area contributed by atoms with Gasteiger partial charge in [0.25, 0.3) is 5.91 Å². The molecule has 2 rings (SSSR count). The number of carboxylic acid groups (broad SMARTS) is 1. The molecule has 0 spiro atoms. The molecule has 1 amide bonds. The van der Waals surface area contributed by atoms with Crippen molar-refractivity contribution in [2.45, 2.75) is 25.8 Å². The van der Waals surface area contributed by atoms with Crippen molar-refractivity contribution < 1.29 is 19.1 Å². The number of aliphatic imine (C=N–C) groups is 1. The molecule has 0 aromatic heterocycles. The summed E-state index contributed by atoms with van der Waals surface area (Å²) in [6, 6.07) is 2.77. The number of nitrogens with zero attached hydrogens (tertiary/aromatic N) is 2. The van der Waals surface area contributed by atoms with E-state index in [1.165, 1.54) is 30.4 Å². The van der Waals surface area contributed by atoms with Crippen molar-refractivity contribution in [3.8, 4) is 0 Å². The Bertz CT molecular complexity index is 743. The van der Waals surface area contributed by atoms with Gasteiger partial charge in [-0.25, -0.2) is 4.39 Å². The van der Waals surface area contributed by atoms with E-state index in [0.29, 0.717) is 12.1 Å². The summed E-state index contributed by atoms with van der Waals surface area (Å²) in [6.45, 7) is 4.21. The van der Waals surface area contributed by atoms with Gasteiger partial charge in [-0.3, -0.25) is 14.6 Å². The summed E-state index contributed by atoms with van der Waals surface area (Å²) >= 11 is 0. The maximum Gasteiger partial charge on any atom is 0.313 e. The molecule has 7 heteroatoms. The van der Waals surface area contributed by atoms with Crippen molar-refractivity contribution in [3.63, 3.8) is 0 Å². The minimum atomic E-state index is -1.15. The van der Waals surface area contributed by atoms with Crippen LogP contribution < -0.4 is 5.73 Å². The van der Waals surface area contributed by atoms with Gasteiger partial charge >= 0.3 is 5.97 Å². The number of benzene rings is 1. The van der Waals surface area contributed by atoms with Gasteiger partial charge in [0.05, 0.1) is 6.04 Å². The summed E-state index contributed by atoms with van der Waals surface area (Å²) in [7, 11) is 1.53. The zero-order chi connectivity index (χ0) is 18.7. The second kappa shape index (κ2) is 7.46. The minimum absolute atomic E-state index is 0.112. The Balaban J connectivity index is 2.73. The van der Waals surface area contributed by atoms with E-state index >= 15 is 0 Å². The Morgan fingerprint density at radius 2 is 2.16 bits per heavy atom. The largest absolute Gasteiger partial charge is 0.481 e. The lowest BCUT2D eigenvalue weighted by molar-refractivity contribution is -0.140.